The Hall–Kier alpha value is -2.04. The fourth-order valence-electron chi connectivity index (χ4n) is 1.39. The van der Waals surface area contributed by atoms with E-state index in [2.05, 4.69) is 5.32 Å². The number of ketones is 1. The van der Waals surface area contributed by atoms with Crippen molar-refractivity contribution >= 4 is 17.4 Å². The third kappa shape index (κ3) is 3.79. The minimum absolute atomic E-state index is 0.116. The third-order valence-electron chi connectivity index (χ3n) is 2.29. The summed E-state index contributed by atoms with van der Waals surface area (Å²) in [6.45, 7) is 1.72. The van der Waals surface area contributed by atoms with Crippen LogP contribution in [-0.4, -0.2) is 25.3 Å². The topological polar surface area (TPSA) is 81.4 Å². The van der Waals surface area contributed by atoms with E-state index in [0.29, 0.717) is 23.5 Å². The van der Waals surface area contributed by atoms with Crippen LogP contribution in [0.15, 0.2) is 18.2 Å². The Morgan fingerprint density at radius 1 is 1.41 bits per heavy atom. The van der Waals surface area contributed by atoms with Crippen LogP contribution in [-0.2, 0) is 4.79 Å². The lowest BCUT2D eigenvalue weighted by Crippen LogP contribution is -2.23. The van der Waals surface area contributed by atoms with Crippen LogP contribution in [0.3, 0.4) is 0 Å². The number of ether oxygens (including phenoxy) is 1. The maximum absolute atomic E-state index is 11.8. The molecule has 1 aromatic carbocycles. The van der Waals surface area contributed by atoms with E-state index in [4.69, 9.17) is 10.5 Å². The van der Waals surface area contributed by atoms with Gasteiger partial charge in [0, 0.05) is 31.1 Å². The Morgan fingerprint density at radius 2 is 2.12 bits per heavy atom. The summed E-state index contributed by atoms with van der Waals surface area (Å²) in [5, 5.41) is 2.56. The molecule has 0 heterocycles. The van der Waals surface area contributed by atoms with Gasteiger partial charge in [0.2, 0.25) is 5.91 Å². The number of benzene rings is 1. The van der Waals surface area contributed by atoms with Gasteiger partial charge < -0.3 is 15.8 Å². The van der Waals surface area contributed by atoms with Crippen LogP contribution in [0.2, 0.25) is 0 Å². The number of carbonyl (C=O) groups excluding carboxylic acids is 2. The van der Waals surface area contributed by atoms with Crippen molar-refractivity contribution in [3.63, 3.8) is 0 Å². The molecule has 92 valence electrons. The number of anilines is 1. The van der Waals surface area contributed by atoms with Gasteiger partial charge in [-0.25, -0.2) is 0 Å². The zero-order valence-electron chi connectivity index (χ0n) is 9.95. The lowest BCUT2D eigenvalue weighted by molar-refractivity contribution is -0.118. The highest BCUT2D eigenvalue weighted by Crippen LogP contribution is 2.20. The maximum Gasteiger partial charge on any atom is 0.216 e. The number of hydrogen-bond acceptors (Lipinski definition) is 4. The van der Waals surface area contributed by atoms with E-state index in [1.165, 1.54) is 14.0 Å². The molecule has 0 bridgehead atoms. The van der Waals surface area contributed by atoms with Crippen molar-refractivity contribution in [2.45, 2.75) is 13.3 Å². The Kier molecular flexibility index (Phi) is 4.51. The maximum atomic E-state index is 11.8. The molecular weight excluding hydrogens is 220 g/mol. The summed E-state index contributed by atoms with van der Waals surface area (Å²) >= 11 is 0. The van der Waals surface area contributed by atoms with E-state index in [1.54, 1.807) is 18.2 Å². The van der Waals surface area contributed by atoms with Crippen molar-refractivity contribution in [1.29, 1.82) is 0 Å². The highest BCUT2D eigenvalue weighted by molar-refractivity contribution is 6.01. The van der Waals surface area contributed by atoms with Crippen LogP contribution in [0.5, 0.6) is 5.75 Å². The standard InChI is InChI=1S/C12H16N2O3/c1-8(15)14-6-5-12(16)10-7-9(17-2)3-4-11(10)13/h3-4,7H,5-6,13H2,1-2H3,(H,14,15). The van der Waals surface area contributed by atoms with E-state index >= 15 is 0 Å². The molecule has 0 saturated heterocycles. The summed E-state index contributed by atoms with van der Waals surface area (Å²) < 4.78 is 5.03. The van der Waals surface area contributed by atoms with Gasteiger partial charge in [0.15, 0.2) is 5.78 Å². The molecule has 0 aromatic heterocycles. The Labute approximate surface area is 99.9 Å². The van der Waals surface area contributed by atoms with Crippen LogP contribution in [0.25, 0.3) is 0 Å². The van der Waals surface area contributed by atoms with Crippen molar-refractivity contribution in [2.24, 2.45) is 0 Å². The van der Waals surface area contributed by atoms with Crippen LogP contribution in [0.4, 0.5) is 5.69 Å². The number of nitrogens with one attached hydrogen (secondary N) is 1. The average Bonchev–Trinajstić information content (AvgIpc) is 2.29. The van der Waals surface area contributed by atoms with Gasteiger partial charge in [-0.05, 0) is 18.2 Å². The second kappa shape index (κ2) is 5.89. The number of nitrogen functional groups attached to an aromatic ring is 1. The van der Waals surface area contributed by atoms with E-state index in [9.17, 15) is 9.59 Å². The highest BCUT2D eigenvalue weighted by atomic mass is 16.5. The number of hydrogen-bond donors (Lipinski definition) is 2. The lowest BCUT2D eigenvalue weighted by atomic mass is 10.1. The van der Waals surface area contributed by atoms with E-state index < -0.39 is 0 Å². The molecule has 5 heteroatoms. The second-order valence-electron chi connectivity index (χ2n) is 3.61. The van der Waals surface area contributed by atoms with Gasteiger partial charge in [0.25, 0.3) is 0 Å². The molecule has 0 aliphatic carbocycles. The first-order valence-corrected chi connectivity index (χ1v) is 5.25. The molecule has 1 aromatic rings. The monoisotopic (exact) mass is 236 g/mol. The lowest BCUT2D eigenvalue weighted by Gasteiger charge is -2.07. The Bertz CT molecular complexity index is 430. The minimum Gasteiger partial charge on any atom is -0.497 e. The van der Waals surface area contributed by atoms with Crippen molar-refractivity contribution in [2.75, 3.05) is 19.4 Å². The number of rotatable bonds is 5. The Balaban J connectivity index is 2.70. The summed E-state index contributed by atoms with van der Waals surface area (Å²) in [4.78, 5) is 22.5. The predicted molar refractivity (Wildman–Crippen MR) is 65.0 cm³/mol. The molecule has 0 radical (unpaired) electrons. The van der Waals surface area contributed by atoms with Gasteiger partial charge in [0.05, 0.1) is 7.11 Å². The molecule has 5 nitrogen and oxygen atoms in total. The van der Waals surface area contributed by atoms with Gasteiger partial charge in [-0.15, -0.1) is 0 Å². The van der Waals surface area contributed by atoms with Gasteiger partial charge >= 0.3 is 0 Å². The SMILES string of the molecule is COc1ccc(N)c(C(=O)CCNC(C)=O)c1. The highest BCUT2D eigenvalue weighted by Gasteiger charge is 2.10. The summed E-state index contributed by atoms with van der Waals surface area (Å²) in [7, 11) is 1.52. The molecule has 0 aliphatic rings. The fraction of sp³-hybridized carbons (Fsp3) is 0.333. The predicted octanol–water partition coefficient (Wildman–Crippen LogP) is 0.986. The Morgan fingerprint density at radius 3 is 2.71 bits per heavy atom. The quantitative estimate of drug-likeness (QED) is 0.590. The van der Waals surface area contributed by atoms with Crippen LogP contribution < -0.4 is 15.8 Å². The molecule has 0 spiro atoms. The summed E-state index contributed by atoms with van der Waals surface area (Å²) in [6.07, 6.45) is 0.219. The van der Waals surface area contributed by atoms with Crippen LogP contribution >= 0.6 is 0 Å². The first kappa shape index (κ1) is 13.0. The van der Waals surface area contributed by atoms with Crippen LogP contribution in [0, 0.1) is 0 Å². The minimum atomic E-state index is -0.156. The van der Waals surface area contributed by atoms with Crippen molar-refractivity contribution in [3.05, 3.63) is 23.8 Å². The van der Waals surface area contributed by atoms with E-state index in [0.717, 1.165) is 0 Å². The number of methoxy groups -OCH3 is 1. The molecule has 1 amide bonds. The molecule has 3 N–H and O–H groups in total. The van der Waals surface area contributed by atoms with Gasteiger partial charge in [-0.3, -0.25) is 9.59 Å². The molecule has 0 aliphatic heterocycles. The van der Waals surface area contributed by atoms with Gasteiger partial charge in [0.1, 0.15) is 5.75 Å². The van der Waals surface area contributed by atoms with Crippen molar-refractivity contribution < 1.29 is 14.3 Å². The van der Waals surface area contributed by atoms with Gasteiger partial charge in [-0.1, -0.05) is 0 Å². The van der Waals surface area contributed by atoms with Crippen LogP contribution in [0.1, 0.15) is 23.7 Å². The number of carbonyl (C=O) groups is 2. The normalized spacial score (nSPS) is 9.76. The zero-order valence-corrected chi connectivity index (χ0v) is 9.95. The summed E-state index contributed by atoms with van der Waals surface area (Å²) in [6, 6.07) is 4.93. The van der Waals surface area contributed by atoms with Gasteiger partial charge in [-0.2, -0.15) is 0 Å². The fourth-order valence-corrected chi connectivity index (χ4v) is 1.39. The summed E-state index contributed by atoms with van der Waals surface area (Å²) in [5.74, 6) is 0.314. The summed E-state index contributed by atoms with van der Waals surface area (Å²) in [5.41, 5.74) is 6.55. The first-order chi connectivity index (χ1) is 8.04. The molecular formula is C12H16N2O3. The van der Waals surface area contributed by atoms with E-state index in [-0.39, 0.29) is 18.1 Å². The molecule has 0 fully saturated rings. The first-order valence-electron chi connectivity index (χ1n) is 5.25. The number of amides is 1. The average molecular weight is 236 g/mol. The second-order valence-corrected chi connectivity index (χ2v) is 3.61. The molecule has 17 heavy (non-hydrogen) atoms. The van der Waals surface area contributed by atoms with E-state index in [1.807, 2.05) is 0 Å². The molecule has 0 unspecified atom stereocenters. The molecule has 0 atom stereocenters. The molecule has 0 saturated carbocycles. The smallest absolute Gasteiger partial charge is 0.216 e. The van der Waals surface area contributed by atoms with Crippen molar-refractivity contribution in [3.8, 4) is 5.75 Å². The van der Waals surface area contributed by atoms with Crippen molar-refractivity contribution in [1.82, 2.24) is 5.32 Å². The largest absolute Gasteiger partial charge is 0.497 e. The molecule has 1 rings (SSSR count). The third-order valence-corrected chi connectivity index (χ3v) is 2.29. The zero-order chi connectivity index (χ0) is 12.8. The number of Topliss-reactive ketones (excluding diaryl/α,β-unsaturated/α-hetero) is 1. The number of nitrogens with two attached hydrogens (primary N) is 1.